The molecule has 0 atom stereocenters. The highest BCUT2D eigenvalue weighted by Crippen LogP contribution is 2.21. The van der Waals surface area contributed by atoms with Gasteiger partial charge in [-0.1, -0.05) is 43.9 Å². The second-order valence-electron chi connectivity index (χ2n) is 7.55. The fraction of sp³-hybridized carbons (Fsp3) is 0.148. The molecule has 0 bridgehead atoms. The summed E-state index contributed by atoms with van der Waals surface area (Å²) in [6.07, 6.45) is 1.54. The molecule has 0 saturated carbocycles. The first-order valence-electron chi connectivity index (χ1n) is 11.1. The lowest BCUT2D eigenvalue weighted by molar-refractivity contribution is 0.0697. The number of hydrogen-bond donors (Lipinski definition) is 5. The van der Waals surface area contributed by atoms with Crippen LogP contribution in [0.3, 0.4) is 0 Å². The van der Waals surface area contributed by atoms with Gasteiger partial charge in [0.1, 0.15) is 0 Å². The van der Waals surface area contributed by atoms with Gasteiger partial charge in [0.05, 0.1) is 5.56 Å². The van der Waals surface area contributed by atoms with Crippen LogP contribution in [-0.2, 0) is 6.42 Å². The molecule has 0 fully saturated rings. The molecule has 178 valence electrons. The second-order valence-corrected chi connectivity index (χ2v) is 7.55. The summed E-state index contributed by atoms with van der Waals surface area (Å²) >= 11 is 0. The van der Waals surface area contributed by atoms with Crippen LogP contribution >= 0.6 is 0 Å². The van der Waals surface area contributed by atoms with Crippen LogP contribution in [0, 0.1) is 11.8 Å². The lowest BCUT2D eigenvalue weighted by atomic mass is 10.1. The van der Waals surface area contributed by atoms with Gasteiger partial charge in [-0.3, -0.25) is 0 Å². The summed E-state index contributed by atoms with van der Waals surface area (Å²) < 4.78 is 0. The molecule has 3 aromatic carbocycles. The van der Waals surface area contributed by atoms with E-state index in [1.54, 1.807) is 24.3 Å². The fourth-order valence-electron chi connectivity index (χ4n) is 3.22. The quantitative estimate of drug-likeness (QED) is 0.284. The van der Waals surface area contributed by atoms with Crippen LogP contribution in [0.4, 0.5) is 32.3 Å². The van der Waals surface area contributed by atoms with Crippen molar-refractivity contribution in [1.82, 2.24) is 0 Å². The van der Waals surface area contributed by atoms with E-state index in [0.29, 0.717) is 11.4 Å². The molecular weight excluding hydrogens is 444 g/mol. The number of carboxylic acid groups (broad SMARTS) is 1. The summed E-state index contributed by atoms with van der Waals surface area (Å²) in [5, 5.41) is 20.1. The zero-order valence-electron chi connectivity index (χ0n) is 19.4. The highest BCUT2D eigenvalue weighted by atomic mass is 16.4. The molecule has 4 amide bonds. The molecule has 0 aliphatic heterocycles. The maximum atomic E-state index is 12.5. The molecule has 0 radical (unpaired) electrons. The van der Waals surface area contributed by atoms with E-state index in [9.17, 15) is 19.5 Å². The summed E-state index contributed by atoms with van der Waals surface area (Å²) in [5.74, 6) is 4.77. The Labute approximate surface area is 203 Å². The maximum absolute atomic E-state index is 12.5. The average Bonchev–Trinajstić information content (AvgIpc) is 2.82. The van der Waals surface area contributed by atoms with Crippen LogP contribution in [0.15, 0.2) is 66.7 Å². The average molecular weight is 471 g/mol. The van der Waals surface area contributed by atoms with Gasteiger partial charge in [0.25, 0.3) is 0 Å². The maximum Gasteiger partial charge on any atom is 0.335 e. The van der Waals surface area contributed by atoms with Gasteiger partial charge in [0, 0.05) is 34.7 Å². The first-order valence-corrected chi connectivity index (χ1v) is 11.1. The molecule has 5 N–H and O–H groups in total. The lowest BCUT2D eigenvalue weighted by Gasteiger charge is -2.12. The third kappa shape index (κ3) is 7.65. The van der Waals surface area contributed by atoms with Crippen LogP contribution in [0.5, 0.6) is 0 Å². The van der Waals surface area contributed by atoms with Gasteiger partial charge in [0.2, 0.25) is 0 Å². The van der Waals surface area contributed by atoms with Crippen LogP contribution in [-0.4, -0.2) is 23.1 Å². The van der Waals surface area contributed by atoms with Crippen LogP contribution in [0.25, 0.3) is 0 Å². The molecular formula is C27H26N4O4. The van der Waals surface area contributed by atoms with E-state index in [0.717, 1.165) is 24.0 Å². The molecule has 0 aliphatic carbocycles. The molecule has 0 saturated heterocycles. The van der Waals surface area contributed by atoms with Crippen molar-refractivity contribution in [2.75, 3.05) is 21.3 Å². The Morgan fingerprint density at radius 3 is 1.89 bits per heavy atom. The summed E-state index contributed by atoms with van der Waals surface area (Å²) in [6, 6.07) is 17.4. The van der Waals surface area contributed by atoms with E-state index in [-0.39, 0.29) is 16.9 Å². The number of urea groups is 2. The zero-order valence-corrected chi connectivity index (χ0v) is 19.4. The molecule has 0 aliphatic rings. The van der Waals surface area contributed by atoms with E-state index >= 15 is 0 Å². The van der Waals surface area contributed by atoms with Crippen LogP contribution < -0.4 is 21.3 Å². The van der Waals surface area contributed by atoms with Gasteiger partial charge in [-0.15, -0.1) is 0 Å². The van der Waals surface area contributed by atoms with Crippen LogP contribution in [0.2, 0.25) is 0 Å². The highest BCUT2D eigenvalue weighted by Gasteiger charge is 2.12. The minimum atomic E-state index is -1.20. The lowest BCUT2D eigenvalue weighted by Crippen LogP contribution is -2.21. The smallest absolute Gasteiger partial charge is 0.335 e. The molecule has 0 heterocycles. The van der Waals surface area contributed by atoms with E-state index in [1.165, 1.54) is 18.2 Å². The van der Waals surface area contributed by atoms with Gasteiger partial charge in [-0.2, -0.15) is 0 Å². The predicted molar refractivity (Wildman–Crippen MR) is 138 cm³/mol. The SMILES string of the molecule is CCC#Cc1cccc(NC(=O)Nc2cc(NC(=O)Nc3cccc(CC)c3)cc(C(=O)O)c2)c1. The van der Waals surface area contributed by atoms with Crippen molar-refractivity contribution in [1.29, 1.82) is 0 Å². The third-order valence-corrected chi connectivity index (χ3v) is 4.82. The van der Waals surface area contributed by atoms with Gasteiger partial charge in [-0.05, 0) is 60.5 Å². The minimum absolute atomic E-state index is 0.0945. The van der Waals surface area contributed by atoms with Crippen molar-refractivity contribution in [3.05, 3.63) is 83.4 Å². The Morgan fingerprint density at radius 1 is 0.743 bits per heavy atom. The normalized spacial score (nSPS) is 9.89. The largest absolute Gasteiger partial charge is 0.478 e. The number of carboxylic acids is 1. The fourth-order valence-corrected chi connectivity index (χ4v) is 3.22. The van der Waals surface area contributed by atoms with Crippen molar-refractivity contribution in [3.8, 4) is 11.8 Å². The summed E-state index contributed by atoms with van der Waals surface area (Å²) in [5.41, 5.74) is 3.29. The number of hydrogen-bond acceptors (Lipinski definition) is 3. The molecule has 0 aromatic heterocycles. The monoisotopic (exact) mass is 470 g/mol. The Hall–Kier alpha value is -4.77. The Kier molecular flexibility index (Phi) is 8.46. The van der Waals surface area contributed by atoms with E-state index < -0.39 is 18.0 Å². The molecule has 8 heteroatoms. The number of nitrogens with one attached hydrogen (secondary N) is 4. The Morgan fingerprint density at radius 2 is 1.31 bits per heavy atom. The standard InChI is InChI=1S/C27H26N4O4/c1-3-5-8-19-10-7-12-22(14-19)29-27(35)31-24-16-20(25(32)33)15-23(17-24)30-26(34)28-21-11-6-9-18(4-2)13-21/h6-7,9-17H,3-4H2,1-2H3,(H,32,33)(H2,28,30,34)(H2,29,31,35). The van der Waals surface area contributed by atoms with Crippen molar-refractivity contribution in [2.45, 2.75) is 26.7 Å². The summed E-state index contributed by atoms with van der Waals surface area (Å²) in [7, 11) is 0. The number of aromatic carboxylic acids is 1. The van der Waals surface area contributed by atoms with Gasteiger partial charge in [0.15, 0.2) is 0 Å². The molecule has 3 rings (SSSR count). The molecule has 0 unspecified atom stereocenters. The third-order valence-electron chi connectivity index (χ3n) is 4.82. The number of benzene rings is 3. The first-order chi connectivity index (χ1) is 16.9. The number of carbonyl (C=O) groups is 3. The number of rotatable bonds is 6. The molecule has 0 spiro atoms. The van der Waals surface area contributed by atoms with E-state index in [2.05, 4.69) is 33.1 Å². The van der Waals surface area contributed by atoms with Crippen molar-refractivity contribution in [2.24, 2.45) is 0 Å². The van der Waals surface area contributed by atoms with E-state index in [4.69, 9.17) is 0 Å². The summed E-state index contributed by atoms with van der Waals surface area (Å²) in [4.78, 5) is 36.6. The number of anilines is 4. The van der Waals surface area contributed by atoms with Crippen molar-refractivity contribution in [3.63, 3.8) is 0 Å². The minimum Gasteiger partial charge on any atom is -0.478 e. The van der Waals surface area contributed by atoms with Crippen molar-refractivity contribution < 1.29 is 19.5 Å². The van der Waals surface area contributed by atoms with E-state index in [1.807, 2.05) is 38.1 Å². The Bertz CT molecular complexity index is 1310. The molecule has 8 nitrogen and oxygen atoms in total. The topological polar surface area (TPSA) is 120 Å². The number of amides is 4. The molecule has 35 heavy (non-hydrogen) atoms. The van der Waals surface area contributed by atoms with Crippen molar-refractivity contribution >= 4 is 40.8 Å². The number of aryl methyl sites for hydroxylation is 1. The summed E-state index contributed by atoms with van der Waals surface area (Å²) in [6.45, 7) is 3.96. The molecule has 3 aromatic rings. The highest BCUT2D eigenvalue weighted by molar-refractivity contribution is 6.04. The number of carbonyl (C=O) groups excluding carboxylic acids is 2. The predicted octanol–water partition coefficient (Wildman–Crippen LogP) is 6.00. The van der Waals surface area contributed by atoms with Gasteiger partial charge >= 0.3 is 18.0 Å². The van der Waals surface area contributed by atoms with Crippen LogP contribution in [0.1, 0.15) is 41.8 Å². The second kappa shape index (κ2) is 11.9. The van der Waals surface area contributed by atoms with Gasteiger partial charge < -0.3 is 26.4 Å². The zero-order chi connectivity index (χ0) is 25.2. The van der Waals surface area contributed by atoms with Gasteiger partial charge in [-0.25, -0.2) is 14.4 Å². The first kappa shape index (κ1) is 24.9. The Balaban J connectivity index is 1.72.